The molecule has 1 N–H and O–H groups in total. The molecule has 1 atom stereocenters. The number of rotatable bonds is 1. The molecular weight excluding hydrogens is 121 g/mol. The molecule has 1 heterocycles. The largest absolute Gasteiger partial charge is 0.387 e. The van der Waals surface area contributed by atoms with Gasteiger partial charge in [-0.1, -0.05) is 16.3 Å². The molecule has 0 radical (unpaired) electrons. The van der Waals surface area contributed by atoms with Gasteiger partial charge in [-0.25, -0.2) is 0 Å². The third-order valence-electron chi connectivity index (χ3n) is 1.65. The summed E-state index contributed by atoms with van der Waals surface area (Å²) >= 11 is 0. The molecule has 48 valence electrons. The molecule has 0 aromatic carbocycles. The SMILES string of the molecule is CCC1(O)CN(P)C1. The van der Waals surface area contributed by atoms with E-state index in [4.69, 9.17) is 0 Å². The first-order valence-corrected chi connectivity index (χ1v) is 3.40. The van der Waals surface area contributed by atoms with Crippen LogP contribution in [0.25, 0.3) is 0 Å². The molecule has 1 rings (SSSR count). The Morgan fingerprint density at radius 2 is 2.25 bits per heavy atom. The average Bonchev–Trinajstić information content (AvgIpc) is 1.63. The Hall–Kier alpha value is 0.350. The number of hydrogen-bond acceptors (Lipinski definition) is 2. The number of β-amino-alcohol motifs (C(OH)–C–C–N with tert-alkyl or cyclic N) is 1. The molecule has 0 saturated carbocycles. The fraction of sp³-hybridized carbons (Fsp3) is 1.00. The normalized spacial score (nSPS) is 27.4. The van der Waals surface area contributed by atoms with Crippen LogP contribution in [0.5, 0.6) is 0 Å². The van der Waals surface area contributed by atoms with Crippen LogP contribution in [-0.2, 0) is 0 Å². The Morgan fingerprint density at radius 1 is 1.75 bits per heavy atom. The first-order chi connectivity index (χ1) is 3.66. The van der Waals surface area contributed by atoms with Crippen molar-refractivity contribution in [3.05, 3.63) is 0 Å². The van der Waals surface area contributed by atoms with Gasteiger partial charge in [0.25, 0.3) is 0 Å². The molecule has 0 aromatic heterocycles. The van der Waals surface area contributed by atoms with E-state index in [1.54, 1.807) is 0 Å². The molecule has 1 aliphatic heterocycles. The van der Waals surface area contributed by atoms with Crippen molar-refractivity contribution in [2.75, 3.05) is 13.1 Å². The van der Waals surface area contributed by atoms with Gasteiger partial charge >= 0.3 is 0 Å². The Labute approximate surface area is 52.1 Å². The van der Waals surface area contributed by atoms with Gasteiger partial charge in [-0.05, 0) is 6.42 Å². The molecule has 1 aliphatic rings. The van der Waals surface area contributed by atoms with Gasteiger partial charge in [-0.2, -0.15) is 0 Å². The van der Waals surface area contributed by atoms with E-state index in [0.717, 1.165) is 19.5 Å². The molecule has 1 saturated heterocycles. The smallest absolute Gasteiger partial charge is 0.0903 e. The molecule has 0 spiro atoms. The van der Waals surface area contributed by atoms with E-state index in [0.29, 0.717) is 0 Å². The lowest BCUT2D eigenvalue weighted by Crippen LogP contribution is -2.56. The van der Waals surface area contributed by atoms with Crippen LogP contribution in [-0.4, -0.2) is 28.5 Å². The summed E-state index contributed by atoms with van der Waals surface area (Å²) in [6, 6.07) is 0. The van der Waals surface area contributed by atoms with Crippen LogP contribution >= 0.6 is 9.39 Å². The Bertz CT molecular complexity index is 90.4. The first kappa shape index (κ1) is 6.47. The van der Waals surface area contributed by atoms with Crippen molar-refractivity contribution >= 4 is 9.39 Å². The summed E-state index contributed by atoms with van der Waals surface area (Å²) in [4.78, 5) is 0. The summed E-state index contributed by atoms with van der Waals surface area (Å²) in [5.74, 6) is 0. The number of nitrogens with zero attached hydrogens (tertiary/aromatic N) is 1. The van der Waals surface area contributed by atoms with Crippen molar-refractivity contribution in [1.29, 1.82) is 0 Å². The monoisotopic (exact) mass is 133 g/mol. The van der Waals surface area contributed by atoms with E-state index >= 15 is 0 Å². The van der Waals surface area contributed by atoms with E-state index in [1.807, 2.05) is 11.6 Å². The summed E-state index contributed by atoms with van der Waals surface area (Å²) in [7, 11) is 2.57. The van der Waals surface area contributed by atoms with Gasteiger partial charge < -0.3 is 5.11 Å². The van der Waals surface area contributed by atoms with E-state index in [-0.39, 0.29) is 5.60 Å². The molecule has 3 heteroatoms. The quantitative estimate of drug-likeness (QED) is 0.518. The molecule has 1 fully saturated rings. The highest BCUT2D eigenvalue weighted by atomic mass is 31.0. The van der Waals surface area contributed by atoms with Gasteiger partial charge in [0.15, 0.2) is 0 Å². The Balaban J connectivity index is 2.30. The Kier molecular flexibility index (Phi) is 1.57. The van der Waals surface area contributed by atoms with Crippen molar-refractivity contribution in [3.63, 3.8) is 0 Å². The summed E-state index contributed by atoms with van der Waals surface area (Å²) in [5, 5.41) is 9.33. The molecule has 0 aliphatic carbocycles. The van der Waals surface area contributed by atoms with Crippen LogP contribution in [0.2, 0.25) is 0 Å². The van der Waals surface area contributed by atoms with Crippen LogP contribution in [0.1, 0.15) is 13.3 Å². The van der Waals surface area contributed by atoms with Crippen LogP contribution in [0.15, 0.2) is 0 Å². The lowest BCUT2D eigenvalue weighted by atomic mass is 9.94. The van der Waals surface area contributed by atoms with Crippen molar-refractivity contribution < 1.29 is 5.11 Å². The van der Waals surface area contributed by atoms with Crippen molar-refractivity contribution in [2.24, 2.45) is 0 Å². The third kappa shape index (κ3) is 1.02. The topological polar surface area (TPSA) is 23.5 Å². The van der Waals surface area contributed by atoms with Crippen LogP contribution < -0.4 is 0 Å². The predicted molar refractivity (Wildman–Crippen MR) is 36.5 cm³/mol. The van der Waals surface area contributed by atoms with E-state index in [2.05, 4.69) is 9.39 Å². The van der Waals surface area contributed by atoms with Gasteiger partial charge in [-0.15, -0.1) is 0 Å². The fourth-order valence-corrected chi connectivity index (χ4v) is 1.61. The minimum atomic E-state index is -0.359. The number of aliphatic hydroxyl groups is 1. The molecule has 0 amide bonds. The molecule has 0 aromatic rings. The van der Waals surface area contributed by atoms with Gasteiger partial charge in [0.1, 0.15) is 0 Å². The summed E-state index contributed by atoms with van der Waals surface area (Å²) in [6.45, 7) is 3.64. The maximum absolute atomic E-state index is 9.33. The van der Waals surface area contributed by atoms with Crippen LogP contribution in [0.4, 0.5) is 0 Å². The standard InChI is InChI=1S/C5H12NOP/c1-2-5(7)3-6(8)4-5/h7H,2-4,8H2,1H3. The lowest BCUT2D eigenvalue weighted by molar-refractivity contribution is -0.0575. The first-order valence-electron chi connectivity index (χ1n) is 2.88. The zero-order chi connectivity index (χ0) is 6.20. The Morgan fingerprint density at radius 3 is 2.38 bits per heavy atom. The van der Waals surface area contributed by atoms with Gasteiger partial charge in [0, 0.05) is 13.1 Å². The second kappa shape index (κ2) is 1.94. The fourth-order valence-electron chi connectivity index (χ4n) is 0.933. The molecule has 1 unspecified atom stereocenters. The zero-order valence-electron chi connectivity index (χ0n) is 5.09. The van der Waals surface area contributed by atoms with Crippen LogP contribution in [0.3, 0.4) is 0 Å². The molecule has 8 heavy (non-hydrogen) atoms. The van der Waals surface area contributed by atoms with E-state index in [1.165, 1.54) is 0 Å². The second-order valence-electron chi connectivity index (χ2n) is 2.48. The van der Waals surface area contributed by atoms with Gasteiger partial charge in [0.05, 0.1) is 5.60 Å². The minimum Gasteiger partial charge on any atom is -0.387 e. The molecule has 2 nitrogen and oxygen atoms in total. The number of hydrogen-bond donors (Lipinski definition) is 1. The minimum absolute atomic E-state index is 0.359. The lowest BCUT2D eigenvalue weighted by Gasteiger charge is -2.43. The second-order valence-corrected chi connectivity index (χ2v) is 3.21. The third-order valence-corrected chi connectivity index (χ3v) is 2.02. The summed E-state index contributed by atoms with van der Waals surface area (Å²) < 4.78 is 2.03. The average molecular weight is 133 g/mol. The van der Waals surface area contributed by atoms with E-state index in [9.17, 15) is 5.11 Å². The van der Waals surface area contributed by atoms with Gasteiger partial charge in [0.2, 0.25) is 0 Å². The van der Waals surface area contributed by atoms with Crippen molar-refractivity contribution in [2.45, 2.75) is 18.9 Å². The van der Waals surface area contributed by atoms with Crippen molar-refractivity contribution in [1.82, 2.24) is 4.67 Å². The summed E-state index contributed by atoms with van der Waals surface area (Å²) in [5.41, 5.74) is -0.359. The maximum Gasteiger partial charge on any atom is 0.0903 e. The highest BCUT2D eigenvalue weighted by molar-refractivity contribution is 7.13. The molecule has 0 bridgehead atoms. The van der Waals surface area contributed by atoms with Crippen molar-refractivity contribution in [3.8, 4) is 0 Å². The molecular formula is C5H12NOP. The van der Waals surface area contributed by atoms with E-state index < -0.39 is 0 Å². The zero-order valence-corrected chi connectivity index (χ0v) is 6.25. The maximum atomic E-state index is 9.33. The summed E-state index contributed by atoms with van der Waals surface area (Å²) in [6.07, 6.45) is 0.873. The van der Waals surface area contributed by atoms with Crippen LogP contribution in [0, 0.1) is 0 Å². The highest BCUT2D eigenvalue weighted by Gasteiger charge is 2.36. The highest BCUT2D eigenvalue weighted by Crippen LogP contribution is 2.26. The van der Waals surface area contributed by atoms with Gasteiger partial charge in [-0.3, -0.25) is 4.67 Å². The predicted octanol–water partition coefficient (Wildman–Crippen LogP) is 0.233.